The number of fused-ring (bicyclic) bond motifs is 1. The molecule has 0 aromatic carbocycles. The standard InChI is InChI=1S/C12H19N5O5/c13-12-14-10-9(11(21)15-12)16(1-2-18)5-17(10)8-3-6(20)7(4-19)22-8/h6-8,18-20H,1-5H2,(H3,13,14,15,21)/t6-,7+,8+/m0/s1. The highest BCUT2D eigenvalue weighted by Gasteiger charge is 2.42. The van der Waals surface area contributed by atoms with Crippen LogP contribution in [0.2, 0.25) is 0 Å². The zero-order valence-electron chi connectivity index (χ0n) is 11.8. The van der Waals surface area contributed by atoms with E-state index in [9.17, 15) is 15.0 Å². The molecule has 1 fully saturated rings. The van der Waals surface area contributed by atoms with Gasteiger partial charge in [0.1, 0.15) is 18.0 Å². The van der Waals surface area contributed by atoms with E-state index in [1.54, 1.807) is 9.80 Å². The fraction of sp³-hybridized carbons (Fsp3) is 0.667. The number of rotatable bonds is 4. The van der Waals surface area contributed by atoms with Gasteiger partial charge in [-0.3, -0.25) is 9.78 Å². The molecule has 1 saturated heterocycles. The molecule has 0 spiro atoms. The van der Waals surface area contributed by atoms with Gasteiger partial charge in [-0.05, 0) is 0 Å². The fourth-order valence-electron chi connectivity index (χ4n) is 2.88. The van der Waals surface area contributed by atoms with Crippen LogP contribution in [0.1, 0.15) is 6.42 Å². The molecule has 0 unspecified atom stereocenters. The van der Waals surface area contributed by atoms with E-state index in [0.29, 0.717) is 11.5 Å². The Balaban J connectivity index is 1.94. The summed E-state index contributed by atoms with van der Waals surface area (Å²) in [5, 5.41) is 28.2. The van der Waals surface area contributed by atoms with Crippen molar-refractivity contribution < 1.29 is 20.1 Å². The molecule has 10 heteroatoms. The molecule has 122 valence electrons. The van der Waals surface area contributed by atoms with Crippen LogP contribution in [-0.4, -0.2) is 70.2 Å². The van der Waals surface area contributed by atoms with Crippen LogP contribution in [-0.2, 0) is 4.74 Å². The largest absolute Gasteiger partial charge is 0.395 e. The summed E-state index contributed by atoms with van der Waals surface area (Å²) in [6.45, 7) is 0.135. The Morgan fingerprint density at radius 2 is 2.23 bits per heavy atom. The molecule has 1 aromatic rings. The van der Waals surface area contributed by atoms with E-state index in [1.807, 2.05) is 0 Å². The average molecular weight is 313 g/mol. The number of nitrogens with zero attached hydrogens (tertiary/aromatic N) is 3. The number of aliphatic hydroxyl groups is 3. The van der Waals surface area contributed by atoms with E-state index in [0.717, 1.165) is 0 Å². The molecule has 1 aromatic heterocycles. The minimum Gasteiger partial charge on any atom is -0.395 e. The quantitative estimate of drug-likeness (QED) is 0.403. The van der Waals surface area contributed by atoms with Crippen molar-refractivity contribution in [1.29, 1.82) is 0 Å². The minimum absolute atomic E-state index is 0.0168. The van der Waals surface area contributed by atoms with E-state index in [2.05, 4.69) is 9.97 Å². The van der Waals surface area contributed by atoms with Crippen molar-refractivity contribution >= 4 is 17.5 Å². The summed E-state index contributed by atoms with van der Waals surface area (Å²) in [6, 6.07) is 0. The average Bonchev–Trinajstić information content (AvgIpc) is 3.00. The number of aliphatic hydroxyl groups excluding tert-OH is 3. The van der Waals surface area contributed by atoms with E-state index in [1.165, 1.54) is 0 Å². The van der Waals surface area contributed by atoms with Gasteiger partial charge in [-0.1, -0.05) is 0 Å². The third-order valence-corrected chi connectivity index (χ3v) is 3.91. The molecule has 0 amide bonds. The number of β-amino-alcohol motifs (C(OH)–C–C–N with tert-alkyl or cyclic N) is 1. The van der Waals surface area contributed by atoms with Crippen LogP contribution in [0.4, 0.5) is 17.5 Å². The number of hydrogen-bond acceptors (Lipinski definition) is 9. The Morgan fingerprint density at radius 3 is 2.86 bits per heavy atom. The lowest BCUT2D eigenvalue weighted by atomic mass is 10.2. The normalized spacial score (nSPS) is 27.5. The van der Waals surface area contributed by atoms with Crippen LogP contribution in [0, 0.1) is 0 Å². The van der Waals surface area contributed by atoms with E-state index in [4.69, 9.17) is 15.6 Å². The predicted molar refractivity (Wildman–Crippen MR) is 77.4 cm³/mol. The van der Waals surface area contributed by atoms with Crippen molar-refractivity contribution in [3.63, 3.8) is 0 Å². The summed E-state index contributed by atoms with van der Waals surface area (Å²) in [7, 11) is 0. The number of nitrogen functional groups attached to an aromatic ring is 1. The first-order valence-corrected chi connectivity index (χ1v) is 7.01. The van der Waals surface area contributed by atoms with E-state index >= 15 is 0 Å². The molecule has 6 N–H and O–H groups in total. The third kappa shape index (κ3) is 2.39. The molecule has 3 rings (SSSR count). The van der Waals surface area contributed by atoms with Crippen LogP contribution in [0.25, 0.3) is 0 Å². The van der Waals surface area contributed by atoms with Crippen LogP contribution >= 0.6 is 0 Å². The van der Waals surface area contributed by atoms with Gasteiger partial charge in [-0.15, -0.1) is 0 Å². The highest BCUT2D eigenvalue weighted by molar-refractivity contribution is 5.72. The molecule has 3 atom stereocenters. The Morgan fingerprint density at radius 1 is 1.45 bits per heavy atom. The van der Waals surface area contributed by atoms with Gasteiger partial charge >= 0.3 is 0 Å². The maximum absolute atomic E-state index is 12.1. The van der Waals surface area contributed by atoms with E-state index < -0.39 is 24.0 Å². The molecule has 3 heterocycles. The second-order valence-corrected chi connectivity index (χ2v) is 5.34. The Kier molecular flexibility index (Phi) is 3.91. The van der Waals surface area contributed by atoms with Crippen molar-refractivity contribution in [2.45, 2.75) is 24.9 Å². The number of ether oxygens (including phenoxy) is 1. The van der Waals surface area contributed by atoms with Crippen molar-refractivity contribution in [3.8, 4) is 0 Å². The van der Waals surface area contributed by atoms with Crippen molar-refractivity contribution in [2.24, 2.45) is 0 Å². The summed E-state index contributed by atoms with van der Waals surface area (Å²) in [5.41, 5.74) is 5.52. The number of aromatic nitrogens is 2. The molecular weight excluding hydrogens is 294 g/mol. The first-order valence-electron chi connectivity index (χ1n) is 7.01. The summed E-state index contributed by atoms with van der Waals surface area (Å²) in [4.78, 5) is 22.1. The number of aromatic amines is 1. The Labute approximate surface area is 125 Å². The lowest BCUT2D eigenvalue weighted by Crippen LogP contribution is -2.40. The Bertz CT molecular complexity index is 608. The van der Waals surface area contributed by atoms with Gasteiger partial charge in [0.2, 0.25) is 5.95 Å². The number of nitrogens with two attached hydrogens (primary N) is 1. The maximum atomic E-state index is 12.1. The summed E-state index contributed by atoms with van der Waals surface area (Å²) in [6.07, 6.45) is -1.70. The van der Waals surface area contributed by atoms with Crippen LogP contribution in [0.15, 0.2) is 4.79 Å². The monoisotopic (exact) mass is 313 g/mol. The SMILES string of the molecule is Nc1nc2c(c(=O)[nH]1)N(CCO)CN2[C@H]1C[C@H](O)[C@@H](CO)O1. The zero-order chi connectivity index (χ0) is 15.9. The second kappa shape index (κ2) is 5.72. The highest BCUT2D eigenvalue weighted by Crippen LogP contribution is 2.36. The first-order chi connectivity index (χ1) is 10.5. The topological polar surface area (TPSA) is 148 Å². The smallest absolute Gasteiger partial charge is 0.278 e. The summed E-state index contributed by atoms with van der Waals surface area (Å²) in [5.74, 6) is 0.336. The molecule has 0 saturated carbocycles. The van der Waals surface area contributed by atoms with Gasteiger partial charge in [0.25, 0.3) is 5.56 Å². The maximum Gasteiger partial charge on any atom is 0.278 e. The Hall–Kier alpha value is -1.88. The number of anilines is 3. The predicted octanol–water partition coefficient (Wildman–Crippen LogP) is -2.60. The van der Waals surface area contributed by atoms with Crippen LogP contribution < -0.4 is 21.1 Å². The molecule has 10 nitrogen and oxygen atoms in total. The first kappa shape index (κ1) is 15.0. The molecule has 22 heavy (non-hydrogen) atoms. The fourth-order valence-corrected chi connectivity index (χ4v) is 2.88. The molecule has 2 aliphatic rings. The third-order valence-electron chi connectivity index (χ3n) is 3.91. The van der Waals surface area contributed by atoms with Gasteiger partial charge in [0.15, 0.2) is 5.82 Å². The van der Waals surface area contributed by atoms with Crippen molar-refractivity contribution in [1.82, 2.24) is 9.97 Å². The zero-order valence-corrected chi connectivity index (χ0v) is 11.8. The summed E-state index contributed by atoms with van der Waals surface area (Å²) < 4.78 is 5.61. The molecule has 0 aliphatic carbocycles. The summed E-state index contributed by atoms with van der Waals surface area (Å²) >= 11 is 0. The van der Waals surface area contributed by atoms with Crippen molar-refractivity contribution in [2.75, 3.05) is 42.0 Å². The van der Waals surface area contributed by atoms with Gasteiger partial charge in [0, 0.05) is 13.0 Å². The second-order valence-electron chi connectivity index (χ2n) is 5.34. The lowest BCUT2D eigenvalue weighted by molar-refractivity contribution is -0.0220. The van der Waals surface area contributed by atoms with Crippen LogP contribution in [0.3, 0.4) is 0 Å². The lowest BCUT2D eigenvalue weighted by Gasteiger charge is -2.26. The molecular formula is C12H19N5O5. The van der Waals surface area contributed by atoms with Crippen molar-refractivity contribution in [3.05, 3.63) is 10.4 Å². The highest BCUT2D eigenvalue weighted by atomic mass is 16.5. The number of H-pyrrole nitrogens is 1. The minimum atomic E-state index is -0.787. The van der Waals surface area contributed by atoms with Gasteiger partial charge in [-0.2, -0.15) is 4.98 Å². The van der Waals surface area contributed by atoms with Gasteiger partial charge < -0.3 is 35.6 Å². The van der Waals surface area contributed by atoms with Crippen LogP contribution in [0.5, 0.6) is 0 Å². The molecule has 2 aliphatic heterocycles. The molecule has 0 radical (unpaired) electrons. The molecule has 0 bridgehead atoms. The van der Waals surface area contributed by atoms with E-state index in [-0.39, 0.29) is 38.8 Å². The van der Waals surface area contributed by atoms with Gasteiger partial charge in [-0.25, -0.2) is 0 Å². The van der Waals surface area contributed by atoms with Gasteiger partial charge in [0.05, 0.1) is 26.0 Å². The number of hydrogen-bond donors (Lipinski definition) is 5. The number of nitrogens with one attached hydrogen (secondary N) is 1.